The van der Waals surface area contributed by atoms with E-state index in [1.54, 1.807) is 0 Å². The third-order valence-corrected chi connectivity index (χ3v) is 6.94. The number of ether oxygens (including phenoxy) is 2. The molecule has 2 rings (SSSR count). The van der Waals surface area contributed by atoms with Gasteiger partial charge >= 0.3 is 5.97 Å². The van der Waals surface area contributed by atoms with Crippen molar-refractivity contribution in [2.24, 2.45) is 5.92 Å². The van der Waals surface area contributed by atoms with Gasteiger partial charge in [0, 0.05) is 18.7 Å². The zero-order valence-corrected chi connectivity index (χ0v) is 18.4. The number of nitrogens with zero attached hydrogens (tertiary/aromatic N) is 1. The van der Waals surface area contributed by atoms with Gasteiger partial charge in [-0.05, 0) is 44.0 Å². The van der Waals surface area contributed by atoms with Crippen LogP contribution in [0.15, 0.2) is 29.2 Å². The number of methoxy groups -OCH3 is 1. The first-order chi connectivity index (χ1) is 13.6. The largest absolute Gasteiger partial charge is 0.467 e. The quantitative estimate of drug-likeness (QED) is 0.667. The highest BCUT2D eigenvalue weighted by Crippen LogP contribution is 2.21. The van der Waals surface area contributed by atoms with Crippen molar-refractivity contribution in [3.63, 3.8) is 0 Å². The van der Waals surface area contributed by atoms with Crippen LogP contribution in [0.5, 0.6) is 0 Å². The first-order valence-electron chi connectivity index (χ1n) is 9.74. The third-order valence-electron chi connectivity index (χ3n) is 5.10. The van der Waals surface area contributed by atoms with Crippen molar-refractivity contribution in [2.45, 2.75) is 57.3 Å². The number of morpholine rings is 1. The molecule has 0 saturated carbocycles. The van der Waals surface area contributed by atoms with Gasteiger partial charge in [0.05, 0.1) is 24.2 Å². The van der Waals surface area contributed by atoms with E-state index in [2.05, 4.69) is 5.32 Å². The fourth-order valence-electron chi connectivity index (χ4n) is 3.28. The van der Waals surface area contributed by atoms with Gasteiger partial charge in [-0.3, -0.25) is 4.79 Å². The van der Waals surface area contributed by atoms with E-state index in [-0.39, 0.29) is 41.7 Å². The summed E-state index contributed by atoms with van der Waals surface area (Å²) in [5.74, 6) is -1.07. The number of rotatable bonds is 7. The molecule has 1 aliphatic rings. The Morgan fingerprint density at radius 3 is 2.24 bits per heavy atom. The second-order valence-corrected chi connectivity index (χ2v) is 9.40. The van der Waals surface area contributed by atoms with Crippen LogP contribution in [0.3, 0.4) is 0 Å². The summed E-state index contributed by atoms with van der Waals surface area (Å²) in [5.41, 5.74) is 0.268. The molecule has 1 amide bonds. The predicted molar refractivity (Wildman–Crippen MR) is 108 cm³/mol. The third kappa shape index (κ3) is 5.55. The number of carbonyl (C=O) groups is 2. The lowest BCUT2D eigenvalue weighted by Crippen LogP contribution is -2.48. The monoisotopic (exact) mass is 426 g/mol. The summed E-state index contributed by atoms with van der Waals surface area (Å²) < 4.78 is 37.6. The van der Waals surface area contributed by atoms with E-state index in [1.807, 2.05) is 27.7 Å². The van der Waals surface area contributed by atoms with Crippen molar-refractivity contribution >= 4 is 21.9 Å². The molecule has 8 nitrogen and oxygen atoms in total. The SMILES string of the molecule is CC[C@H](C)[C@H](NC(=O)c1ccc(S(=O)(=O)N2C[C@@H](C)O[C@@H](C)C2)cc1)C(=O)OC. The van der Waals surface area contributed by atoms with E-state index >= 15 is 0 Å². The van der Waals surface area contributed by atoms with Gasteiger partial charge in [-0.2, -0.15) is 4.31 Å². The summed E-state index contributed by atoms with van der Waals surface area (Å²) in [5, 5.41) is 2.68. The van der Waals surface area contributed by atoms with Crippen LogP contribution < -0.4 is 5.32 Å². The number of amides is 1. The molecule has 162 valence electrons. The molecule has 1 aromatic rings. The summed E-state index contributed by atoms with van der Waals surface area (Å²) in [6.45, 7) is 8.00. The van der Waals surface area contributed by atoms with Gasteiger partial charge in [-0.15, -0.1) is 0 Å². The normalized spacial score (nSPS) is 22.5. The second kappa shape index (κ2) is 9.69. The lowest BCUT2D eigenvalue weighted by atomic mass is 9.99. The Morgan fingerprint density at radius 2 is 1.76 bits per heavy atom. The zero-order valence-electron chi connectivity index (χ0n) is 17.5. The molecule has 1 saturated heterocycles. The van der Waals surface area contributed by atoms with E-state index in [9.17, 15) is 18.0 Å². The van der Waals surface area contributed by atoms with Crippen LogP contribution in [0.2, 0.25) is 0 Å². The van der Waals surface area contributed by atoms with Crippen molar-refractivity contribution < 1.29 is 27.5 Å². The van der Waals surface area contributed by atoms with Gasteiger partial charge in [0.15, 0.2) is 0 Å². The fraction of sp³-hybridized carbons (Fsp3) is 0.600. The first-order valence-corrected chi connectivity index (χ1v) is 11.2. The fourth-order valence-corrected chi connectivity index (χ4v) is 4.87. The molecule has 1 fully saturated rings. The van der Waals surface area contributed by atoms with Crippen LogP contribution in [0.4, 0.5) is 0 Å². The second-order valence-electron chi connectivity index (χ2n) is 7.46. The van der Waals surface area contributed by atoms with Crippen LogP contribution in [0, 0.1) is 5.92 Å². The maximum absolute atomic E-state index is 12.9. The van der Waals surface area contributed by atoms with E-state index in [0.717, 1.165) is 0 Å². The van der Waals surface area contributed by atoms with Crippen LogP contribution >= 0.6 is 0 Å². The Bertz CT molecular complexity index is 814. The van der Waals surface area contributed by atoms with Gasteiger partial charge in [-0.25, -0.2) is 13.2 Å². The van der Waals surface area contributed by atoms with Gasteiger partial charge in [0.2, 0.25) is 10.0 Å². The Morgan fingerprint density at radius 1 is 1.21 bits per heavy atom. The van der Waals surface area contributed by atoms with E-state index in [1.165, 1.54) is 35.7 Å². The molecule has 0 unspecified atom stereocenters. The van der Waals surface area contributed by atoms with E-state index in [4.69, 9.17) is 9.47 Å². The Hall–Kier alpha value is -1.97. The predicted octanol–water partition coefficient (Wildman–Crippen LogP) is 1.80. The van der Waals surface area contributed by atoms with Crippen molar-refractivity contribution in [3.8, 4) is 0 Å². The maximum Gasteiger partial charge on any atom is 0.328 e. The maximum atomic E-state index is 12.9. The molecule has 0 bridgehead atoms. The van der Waals surface area contributed by atoms with Crippen LogP contribution in [0.25, 0.3) is 0 Å². The first kappa shape index (κ1) is 23.3. The minimum Gasteiger partial charge on any atom is -0.467 e. The number of nitrogens with one attached hydrogen (secondary N) is 1. The summed E-state index contributed by atoms with van der Waals surface area (Å²) in [4.78, 5) is 24.6. The van der Waals surface area contributed by atoms with Crippen LogP contribution in [-0.2, 0) is 24.3 Å². The highest BCUT2D eigenvalue weighted by Gasteiger charge is 2.32. The molecule has 0 spiro atoms. The Balaban J connectivity index is 2.16. The van der Waals surface area contributed by atoms with Gasteiger partial charge < -0.3 is 14.8 Å². The molecule has 29 heavy (non-hydrogen) atoms. The van der Waals surface area contributed by atoms with Gasteiger partial charge in [0.25, 0.3) is 5.91 Å². The smallest absolute Gasteiger partial charge is 0.328 e. The summed E-state index contributed by atoms with van der Waals surface area (Å²) in [6.07, 6.45) is 0.317. The lowest BCUT2D eigenvalue weighted by Gasteiger charge is -2.34. The molecule has 1 heterocycles. The average Bonchev–Trinajstić information content (AvgIpc) is 2.70. The van der Waals surface area contributed by atoms with Crippen LogP contribution in [0.1, 0.15) is 44.5 Å². The van der Waals surface area contributed by atoms with Crippen molar-refractivity contribution in [3.05, 3.63) is 29.8 Å². The summed E-state index contributed by atoms with van der Waals surface area (Å²) >= 11 is 0. The molecule has 0 aromatic heterocycles. The number of hydrogen-bond acceptors (Lipinski definition) is 6. The summed E-state index contributed by atoms with van der Waals surface area (Å²) in [7, 11) is -2.41. The van der Waals surface area contributed by atoms with E-state index < -0.39 is 27.9 Å². The lowest BCUT2D eigenvalue weighted by molar-refractivity contribution is -0.144. The zero-order chi connectivity index (χ0) is 21.8. The molecular weight excluding hydrogens is 396 g/mol. The number of benzene rings is 1. The molecule has 1 aliphatic heterocycles. The molecule has 0 radical (unpaired) electrons. The topological polar surface area (TPSA) is 102 Å². The van der Waals surface area contributed by atoms with E-state index in [0.29, 0.717) is 6.42 Å². The molecule has 9 heteroatoms. The van der Waals surface area contributed by atoms with Gasteiger partial charge in [0.1, 0.15) is 6.04 Å². The van der Waals surface area contributed by atoms with Crippen molar-refractivity contribution in [1.29, 1.82) is 0 Å². The van der Waals surface area contributed by atoms with Gasteiger partial charge in [-0.1, -0.05) is 20.3 Å². The Labute approximate surface area is 172 Å². The number of sulfonamides is 1. The highest BCUT2D eigenvalue weighted by atomic mass is 32.2. The molecule has 0 aliphatic carbocycles. The molecule has 1 N–H and O–H groups in total. The number of esters is 1. The number of carbonyl (C=O) groups excluding carboxylic acids is 2. The standard InChI is InChI=1S/C20H30N2O6S/c1-6-13(2)18(20(24)27-5)21-19(23)16-7-9-17(10-8-16)29(25,26)22-11-14(3)28-15(4)12-22/h7-10,13-15,18H,6,11-12H2,1-5H3,(H,21,23)/t13-,14-,15+,18-/m0/s1. The highest BCUT2D eigenvalue weighted by molar-refractivity contribution is 7.89. The van der Waals surface area contributed by atoms with Crippen LogP contribution in [-0.4, -0.2) is 63.0 Å². The number of hydrogen-bond donors (Lipinski definition) is 1. The molecular formula is C20H30N2O6S. The summed E-state index contributed by atoms with van der Waals surface area (Å²) in [6, 6.07) is 4.94. The van der Waals surface area contributed by atoms with Crippen molar-refractivity contribution in [1.82, 2.24) is 9.62 Å². The van der Waals surface area contributed by atoms with Crippen molar-refractivity contribution in [2.75, 3.05) is 20.2 Å². The average molecular weight is 427 g/mol. The molecule has 4 atom stereocenters. The minimum atomic E-state index is -3.68. The molecule has 1 aromatic carbocycles. The Kier molecular flexibility index (Phi) is 7.79. The minimum absolute atomic E-state index is 0.101.